The van der Waals surface area contributed by atoms with Gasteiger partial charge in [0, 0.05) is 13.1 Å². The van der Waals surface area contributed by atoms with Crippen molar-refractivity contribution in [3.8, 4) is 0 Å². The van der Waals surface area contributed by atoms with Gasteiger partial charge in [0.1, 0.15) is 11.4 Å². The van der Waals surface area contributed by atoms with Crippen molar-refractivity contribution < 1.29 is 27.1 Å². The van der Waals surface area contributed by atoms with Gasteiger partial charge in [-0.05, 0) is 56.9 Å². The zero-order valence-electron chi connectivity index (χ0n) is 13.2. The molecule has 1 aliphatic rings. The Balaban J connectivity index is 1.93. The maximum atomic E-state index is 13.3. The van der Waals surface area contributed by atoms with Gasteiger partial charge in [0.2, 0.25) is 0 Å². The van der Waals surface area contributed by atoms with Gasteiger partial charge in [-0.2, -0.15) is 13.2 Å². The van der Waals surface area contributed by atoms with E-state index in [0.29, 0.717) is 25.6 Å². The number of ether oxygens (including phenoxy) is 1. The number of halogens is 4. The molecule has 1 aromatic carbocycles. The number of carbonyl (C=O) groups is 1. The Morgan fingerprint density at radius 3 is 2.35 bits per heavy atom. The fourth-order valence-electron chi connectivity index (χ4n) is 2.44. The summed E-state index contributed by atoms with van der Waals surface area (Å²) in [4.78, 5) is 13.3. The van der Waals surface area contributed by atoms with E-state index in [-0.39, 0.29) is 11.5 Å². The number of hydrogen-bond acceptors (Lipinski definition) is 2. The summed E-state index contributed by atoms with van der Waals surface area (Å²) in [6, 6.07) is 2.54. The molecule has 1 aromatic rings. The first kappa shape index (κ1) is 17.6. The number of likely N-dealkylation sites (tertiary alicyclic amines) is 1. The molecule has 0 bridgehead atoms. The molecule has 2 rings (SSSR count). The van der Waals surface area contributed by atoms with Crippen LogP contribution in [0.3, 0.4) is 0 Å². The first-order valence-electron chi connectivity index (χ1n) is 7.28. The number of hydrogen-bond donors (Lipinski definition) is 0. The highest BCUT2D eigenvalue weighted by Gasteiger charge is 2.35. The van der Waals surface area contributed by atoms with Crippen molar-refractivity contribution in [3.05, 3.63) is 35.1 Å². The highest BCUT2D eigenvalue weighted by Crippen LogP contribution is 2.31. The first-order chi connectivity index (χ1) is 10.4. The molecule has 128 valence electrons. The Morgan fingerprint density at radius 2 is 1.83 bits per heavy atom. The number of amides is 1. The first-order valence-corrected chi connectivity index (χ1v) is 7.28. The molecule has 0 N–H and O–H groups in total. The van der Waals surface area contributed by atoms with E-state index in [0.717, 1.165) is 12.1 Å². The van der Waals surface area contributed by atoms with Gasteiger partial charge >= 0.3 is 12.3 Å². The lowest BCUT2D eigenvalue weighted by Gasteiger charge is -2.40. The van der Waals surface area contributed by atoms with Crippen LogP contribution in [0.15, 0.2) is 18.2 Å². The molecule has 1 saturated heterocycles. The standard InChI is InChI=1S/C16H19F4NO2/c1-15(2,3)23-14(22)21-8-11(9-21)4-10-5-12(16(18,19)20)7-13(17)6-10/h5-7,11H,4,8-9H2,1-3H3. The molecule has 0 aliphatic carbocycles. The molecule has 0 aromatic heterocycles. The largest absolute Gasteiger partial charge is 0.444 e. The molecule has 0 atom stereocenters. The Labute approximate surface area is 132 Å². The number of alkyl halides is 3. The SMILES string of the molecule is CC(C)(C)OC(=O)N1CC(Cc2cc(F)cc(C(F)(F)F)c2)C1. The van der Waals surface area contributed by atoms with Crippen LogP contribution < -0.4 is 0 Å². The molecule has 0 radical (unpaired) electrons. The molecular weight excluding hydrogens is 314 g/mol. The molecule has 3 nitrogen and oxygen atoms in total. The summed E-state index contributed by atoms with van der Waals surface area (Å²) in [6.45, 7) is 6.06. The van der Waals surface area contributed by atoms with Crippen LogP contribution >= 0.6 is 0 Å². The lowest BCUT2D eigenvalue weighted by atomic mass is 9.92. The summed E-state index contributed by atoms with van der Waals surface area (Å²) in [7, 11) is 0. The normalized spacial score (nSPS) is 16.2. The minimum atomic E-state index is -4.57. The predicted octanol–water partition coefficient (Wildman–Crippen LogP) is 4.25. The number of benzene rings is 1. The van der Waals surface area contributed by atoms with Gasteiger partial charge < -0.3 is 9.64 Å². The predicted molar refractivity (Wildman–Crippen MR) is 76.4 cm³/mol. The Bertz CT molecular complexity index is 587. The summed E-state index contributed by atoms with van der Waals surface area (Å²) in [5, 5.41) is 0. The second kappa shape index (κ2) is 6.02. The van der Waals surface area contributed by atoms with E-state index in [2.05, 4.69) is 0 Å². The van der Waals surface area contributed by atoms with E-state index in [1.165, 1.54) is 4.90 Å². The fourth-order valence-corrected chi connectivity index (χ4v) is 2.44. The lowest BCUT2D eigenvalue weighted by molar-refractivity contribution is -0.137. The second-order valence-corrected chi connectivity index (χ2v) is 6.80. The molecule has 1 heterocycles. The van der Waals surface area contributed by atoms with Crippen molar-refractivity contribution in [2.24, 2.45) is 5.92 Å². The zero-order chi connectivity index (χ0) is 17.4. The second-order valence-electron chi connectivity index (χ2n) is 6.80. The van der Waals surface area contributed by atoms with Crippen LogP contribution in [0.1, 0.15) is 31.9 Å². The molecule has 1 fully saturated rings. The van der Waals surface area contributed by atoms with Crippen LogP contribution in [-0.2, 0) is 17.3 Å². The maximum Gasteiger partial charge on any atom is 0.416 e. The third-order valence-corrected chi connectivity index (χ3v) is 3.42. The molecule has 0 saturated carbocycles. The Kier molecular flexibility index (Phi) is 4.59. The molecule has 0 spiro atoms. The van der Waals surface area contributed by atoms with Crippen LogP contribution in [-0.4, -0.2) is 29.7 Å². The van der Waals surface area contributed by atoms with Gasteiger partial charge in [0.05, 0.1) is 5.56 Å². The number of nitrogens with zero attached hydrogens (tertiary/aromatic N) is 1. The lowest BCUT2D eigenvalue weighted by Crippen LogP contribution is -2.52. The van der Waals surface area contributed by atoms with Crippen LogP contribution in [0.4, 0.5) is 22.4 Å². The molecule has 1 aliphatic heterocycles. The Morgan fingerprint density at radius 1 is 1.22 bits per heavy atom. The van der Waals surface area contributed by atoms with Crippen molar-refractivity contribution in [2.75, 3.05) is 13.1 Å². The van der Waals surface area contributed by atoms with Gasteiger partial charge in [0.15, 0.2) is 0 Å². The van der Waals surface area contributed by atoms with Gasteiger partial charge in [-0.15, -0.1) is 0 Å². The van der Waals surface area contributed by atoms with E-state index in [9.17, 15) is 22.4 Å². The third kappa shape index (κ3) is 4.84. The van der Waals surface area contributed by atoms with Gasteiger partial charge in [-0.1, -0.05) is 0 Å². The topological polar surface area (TPSA) is 29.5 Å². The van der Waals surface area contributed by atoms with Crippen molar-refractivity contribution in [1.82, 2.24) is 4.90 Å². The number of carbonyl (C=O) groups excluding carboxylic acids is 1. The third-order valence-electron chi connectivity index (χ3n) is 3.42. The van der Waals surface area contributed by atoms with E-state index in [1.807, 2.05) is 0 Å². The molecule has 7 heteroatoms. The maximum absolute atomic E-state index is 13.3. The minimum absolute atomic E-state index is 0.00500. The molecule has 0 unspecified atom stereocenters. The average molecular weight is 333 g/mol. The van der Waals surface area contributed by atoms with Gasteiger partial charge in [0.25, 0.3) is 0 Å². The van der Waals surface area contributed by atoms with Crippen LogP contribution in [0.25, 0.3) is 0 Å². The Hall–Kier alpha value is -1.79. The molecule has 23 heavy (non-hydrogen) atoms. The van der Waals surface area contributed by atoms with E-state index < -0.39 is 29.3 Å². The number of rotatable bonds is 2. The highest BCUT2D eigenvalue weighted by molar-refractivity contribution is 5.69. The smallest absolute Gasteiger partial charge is 0.416 e. The van der Waals surface area contributed by atoms with E-state index in [1.54, 1.807) is 20.8 Å². The summed E-state index contributed by atoms with van der Waals surface area (Å²) in [6.07, 6.45) is -4.72. The summed E-state index contributed by atoms with van der Waals surface area (Å²) in [5.41, 5.74) is -1.30. The van der Waals surface area contributed by atoms with Crippen molar-refractivity contribution in [3.63, 3.8) is 0 Å². The fraction of sp³-hybridized carbons (Fsp3) is 0.562. The summed E-state index contributed by atoms with van der Waals surface area (Å²) in [5.74, 6) is -0.899. The average Bonchev–Trinajstić information content (AvgIpc) is 2.29. The minimum Gasteiger partial charge on any atom is -0.444 e. The van der Waals surface area contributed by atoms with E-state index >= 15 is 0 Å². The van der Waals surface area contributed by atoms with Crippen molar-refractivity contribution in [2.45, 2.75) is 39.0 Å². The van der Waals surface area contributed by atoms with Crippen LogP contribution in [0, 0.1) is 11.7 Å². The van der Waals surface area contributed by atoms with Crippen molar-refractivity contribution >= 4 is 6.09 Å². The van der Waals surface area contributed by atoms with Crippen LogP contribution in [0.2, 0.25) is 0 Å². The summed E-state index contributed by atoms with van der Waals surface area (Å²) >= 11 is 0. The zero-order valence-corrected chi connectivity index (χ0v) is 13.2. The van der Waals surface area contributed by atoms with Gasteiger partial charge in [-0.3, -0.25) is 0 Å². The molecule has 1 amide bonds. The van der Waals surface area contributed by atoms with Crippen molar-refractivity contribution in [1.29, 1.82) is 0 Å². The quantitative estimate of drug-likeness (QED) is 0.757. The van der Waals surface area contributed by atoms with Gasteiger partial charge in [-0.25, -0.2) is 9.18 Å². The van der Waals surface area contributed by atoms with E-state index in [4.69, 9.17) is 4.74 Å². The summed E-state index contributed by atoms with van der Waals surface area (Å²) < 4.78 is 56.5. The monoisotopic (exact) mass is 333 g/mol. The highest BCUT2D eigenvalue weighted by atomic mass is 19.4. The van der Waals surface area contributed by atoms with Crippen LogP contribution in [0.5, 0.6) is 0 Å². The molecular formula is C16H19F4NO2.